The van der Waals surface area contributed by atoms with Gasteiger partial charge in [0.1, 0.15) is 0 Å². The van der Waals surface area contributed by atoms with Crippen LogP contribution in [0.5, 0.6) is 0 Å². The van der Waals surface area contributed by atoms with Gasteiger partial charge in [-0.25, -0.2) is 0 Å². The third-order valence-corrected chi connectivity index (χ3v) is 5.67. The molecule has 6 rings (SSSR count). The summed E-state index contributed by atoms with van der Waals surface area (Å²) in [6.45, 7) is 0. The number of hydrazone groups is 1. The molecule has 4 atom stereocenters. The average molecular weight is 319 g/mol. The minimum atomic E-state index is -0.207. The van der Waals surface area contributed by atoms with Crippen molar-refractivity contribution in [2.45, 2.75) is 12.8 Å². The second-order valence-corrected chi connectivity index (χ2v) is 6.86. The number of fused-ring (bicyclic) bond motifs is 2. The summed E-state index contributed by atoms with van der Waals surface area (Å²) in [6.07, 6.45) is 9.70. The summed E-state index contributed by atoms with van der Waals surface area (Å²) in [4.78, 5) is 28.6. The van der Waals surface area contributed by atoms with Crippen molar-refractivity contribution in [2.75, 3.05) is 0 Å². The van der Waals surface area contributed by atoms with E-state index in [-0.39, 0.29) is 35.5 Å². The first kappa shape index (κ1) is 13.7. The van der Waals surface area contributed by atoms with Crippen LogP contribution in [-0.2, 0) is 9.59 Å². The fraction of sp³-hybridized carbons (Fsp3) is 0.316. The number of hydrogen-bond donors (Lipinski definition) is 1. The number of amides is 2. The van der Waals surface area contributed by atoms with E-state index >= 15 is 0 Å². The standard InChI is InChI=1S/C19H17N3O2/c23-18-16-11-5-6-12(8-7-11)17(16)19(24)22(18)21-10-13-9-20-15-4-2-1-3-14(13)15/h1-6,9-12,16-17,20H,7-8H2/b21-10+/t11-,12+,16-,17+. The lowest BCUT2D eigenvalue weighted by atomic mass is 9.63. The number of aromatic amines is 1. The molecule has 1 saturated heterocycles. The molecule has 2 heterocycles. The van der Waals surface area contributed by atoms with Crippen LogP contribution in [0.4, 0.5) is 0 Å². The monoisotopic (exact) mass is 319 g/mol. The zero-order chi connectivity index (χ0) is 16.3. The van der Waals surface area contributed by atoms with Crippen molar-refractivity contribution < 1.29 is 9.59 Å². The van der Waals surface area contributed by atoms with Gasteiger partial charge in [-0.05, 0) is 30.7 Å². The van der Waals surface area contributed by atoms with Gasteiger partial charge in [-0.3, -0.25) is 9.59 Å². The van der Waals surface area contributed by atoms with Crippen LogP contribution >= 0.6 is 0 Å². The van der Waals surface area contributed by atoms with E-state index in [0.717, 1.165) is 34.3 Å². The van der Waals surface area contributed by atoms with Gasteiger partial charge in [0.15, 0.2) is 0 Å². The first-order valence-electron chi connectivity index (χ1n) is 8.40. The number of carbonyl (C=O) groups excluding carboxylic acids is 2. The zero-order valence-electron chi connectivity index (χ0n) is 13.1. The summed E-state index contributed by atoms with van der Waals surface area (Å²) in [7, 11) is 0. The molecule has 0 unspecified atom stereocenters. The molecule has 1 aromatic heterocycles. The molecule has 5 heteroatoms. The largest absolute Gasteiger partial charge is 0.361 e. The molecule has 0 radical (unpaired) electrons. The van der Waals surface area contributed by atoms with Crippen LogP contribution < -0.4 is 0 Å². The quantitative estimate of drug-likeness (QED) is 0.525. The van der Waals surface area contributed by atoms with Gasteiger partial charge < -0.3 is 4.98 Å². The molecule has 24 heavy (non-hydrogen) atoms. The number of imide groups is 1. The summed E-state index contributed by atoms with van der Waals surface area (Å²) in [5, 5.41) is 6.39. The summed E-state index contributed by atoms with van der Waals surface area (Å²) in [5.74, 6) is -0.294. The van der Waals surface area contributed by atoms with Crippen molar-refractivity contribution in [1.29, 1.82) is 0 Å². The van der Waals surface area contributed by atoms with Crippen LogP contribution in [0.3, 0.4) is 0 Å². The molecule has 4 aliphatic rings. The number of carbonyl (C=O) groups is 2. The van der Waals surface area contributed by atoms with Crippen LogP contribution in [0, 0.1) is 23.7 Å². The van der Waals surface area contributed by atoms with E-state index in [9.17, 15) is 9.59 Å². The van der Waals surface area contributed by atoms with Gasteiger partial charge in [0.25, 0.3) is 11.8 Å². The first-order chi connectivity index (χ1) is 11.7. The Balaban J connectivity index is 1.48. The van der Waals surface area contributed by atoms with Crippen molar-refractivity contribution in [3.05, 3.63) is 48.2 Å². The second kappa shape index (κ2) is 4.90. The van der Waals surface area contributed by atoms with Gasteiger partial charge in [0.05, 0.1) is 18.1 Å². The number of H-pyrrole nitrogens is 1. The Morgan fingerprint density at radius 2 is 1.71 bits per heavy atom. The number of rotatable bonds is 2. The van der Waals surface area contributed by atoms with Crippen LogP contribution in [0.2, 0.25) is 0 Å². The van der Waals surface area contributed by atoms with Gasteiger partial charge in [0, 0.05) is 22.7 Å². The number of nitrogens with zero attached hydrogens (tertiary/aromatic N) is 2. The predicted molar refractivity (Wildman–Crippen MR) is 90.1 cm³/mol. The molecule has 1 saturated carbocycles. The Kier molecular flexibility index (Phi) is 2.80. The maximum absolute atomic E-state index is 12.7. The Hall–Kier alpha value is -2.69. The lowest BCUT2D eigenvalue weighted by Crippen LogP contribution is -2.38. The van der Waals surface area contributed by atoms with Crippen molar-refractivity contribution in [2.24, 2.45) is 28.8 Å². The fourth-order valence-electron chi connectivity index (χ4n) is 4.49. The molecule has 3 aliphatic carbocycles. The fourth-order valence-corrected chi connectivity index (χ4v) is 4.49. The molecule has 5 nitrogen and oxygen atoms in total. The number of aromatic nitrogens is 1. The molecule has 2 bridgehead atoms. The van der Waals surface area contributed by atoms with Gasteiger partial charge >= 0.3 is 0 Å². The van der Waals surface area contributed by atoms with Crippen molar-refractivity contribution in [1.82, 2.24) is 9.99 Å². The molecule has 120 valence electrons. The Morgan fingerprint density at radius 1 is 1.04 bits per heavy atom. The summed E-state index contributed by atoms with van der Waals surface area (Å²) >= 11 is 0. The molecule has 1 aromatic carbocycles. The number of benzene rings is 1. The maximum Gasteiger partial charge on any atom is 0.254 e. The van der Waals surface area contributed by atoms with E-state index in [2.05, 4.69) is 22.2 Å². The highest BCUT2D eigenvalue weighted by Crippen LogP contribution is 2.49. The Labute approximate surface area is 139 Å². The van der Waals surface area contributed by atoms with Crippen molar-refractivity contribution >= 4 is 28.9 Å². The van der Waals surface area contributed by atoms with Gasteiger partial charge in [0.2, 0.25) is 0 Å². The van der Waals surface area contributed by atoms with E-state index < -0.39 is 0 Å². The Morgan fingerprint density at radius 3 is 2.38 bits per heavy atom. The van der Waals surface area contributed by atoms with Gasteiger partial charge in [-0.1, -0.05) is 30.4 Å². The number of para-hydroxylation sites is 1. The lowest BCUT2D eigenvalue weighted by molar-refractivity contribution is -0.140. The van der Waals surface area contributed by atoms with Crippen molar-refractivity contribution in [3.63, 3.8) is 0 Å². The second-order valence-electron chi connectivity index (χ2n) is 6.86. The van der Waals surface area contributed by atoms with Gasteiger partial charge in [-0.2, -0.15) is 10.1 Å². The minimum absolute atomic E-state index is 0.139. The van der Waals surface area contributed by atoms with E-state index in [4.69, 9.17) is 0 Å². The van der Waals surface area contributed by atoms with E-state index in [1.807, 2.05) is 30.5 Å². The first-order valence-corrected chi connectivity index (χ1v) is 8.40. The average Bonchev–Trinajstić information content (AvgIpc) is 3.15. The van der Waals surface area contributed by atoms with E-state index in [1.165, 1.54) is 0 Å². The smallest absolute Gasteiger partial charge is 0.254 e. The highest BCUT2D eigenvalue weighted by Gasteiger charge is 2.56. The topological polar surface area (TPSA) is 65.5 Å². The summed E-state index contributed by atoms with van der Waals surface area (Å²) < 4.78 is 0. The van der Waals surface area contributed by atoms with E-state index in [0.29, 0.717) is 0 Å². The van der Waals surface area contributed by atoms with Crippen LogP contribution in [0.15, 0.2) is 47.7 Å². The van der Waals surface area contributed by atoms with Crippen LogP contribution in [-0.4, -0.2) is 28.0 Å². The third-order valence-electron chi connectivity index (χ3n) is 5.67. The highest BCUT2D eigenvalue weighted by atomic mass is 16.2. The van der Waals surface area contributed by atoms with Crippen LogP contribution in [0.25, 0.3) is 10.9 Å². The molecule has 1 N–H and O–H groups in total. The summed E-state index contributed by atoms with van der Waals surface area (Å²) in [6, 6.07) is 7.89. The summed E-state index contributed by atoms with van der Waals surface area (Å²) in [5.41, 5.74) is 1.89. The predicted octanol–water partition coefficient (Wildman–Crippen LogP) is 2.70. The molecule has 0 spiro atoms. The molecule has 2 aromatic rings. The molecular weight excluding hydrogens is 302 g/mol. The number of allylic oxidation sites excluding steroid dienone is 2. The molecular formula is C19H17N3O2. The third kappa shape index (κ3) is 1.78. The van der Waals surface area contributed by atoms with Crippen molar-refractivity contribution in [3.8, 4) is 0 Å². The number of hydrogen-bond acceptors (Lipinski definition) is 3. The Bertz CT molecular complexity index is 878. The number of nitrogens with one attached hydrogen (secondary N) is 1. The molecule has 1 aliphatic heterocycles. The van der Waals surface area contributed by atoms with Crippen LogP contribution in [0.1, 0.15) is 18.4 Å². The zero-order valence-corrected chi connectivity index (χ0v) is 13.1. The SMILES string of the molecule is O=C1[C@@H]2[C@H](C(=O)N1/N=C/c1c[nH]c3ccccc13)[C@@H]1C=C[C@H]2CC1. The molecule has 2 amide bonds. The van der Waals surface area contributed by atoms with Gasteiger partial charge in [-0.15, -0.1) is 0 Å². The van der Waals surface area contributed by atoms with E-state index in [1.54, 1.807) is 6.21 Å². The normalized spacial score (nSPS) is 31.6. The highest BCUT2D eigenvalue weighted by molar-refractivity contribution is 6.07. The lowest BCUT2D eigenvalue weighted by Gasteiger charge is -2.37. The molecule has 2 fully saturated rings. The maximum atomic E-state index is 12.7. The minimum Gasteiger partial charge on any atom is -0.361 e.